The third kappa shape index (κ3) is 4.42. The number of nitrogens with zero attached hydrogens (tertiary/aromatic N) is 3. The molecule has 1 aliphatic heterocycles. The van der Waals surface area contributed by atoms with Crippen LogP contribution < -0.4 is 10.1 Å². The highest BCUT2D eigenvalue weighted by Gasteiger charge is 2.50. The molecule has 0 unspecified atom stereocenters. The highest BCUT2D eigenvalue weighted by atomic mass is 19.3. The standard InChI is InChI=1S/C24H24F3N5O3/c1-12-19(23(34)31-18-8-32(13(2)33)10-24(18,26)27)21-22(30-12)20(28-11-29-21)16-7-15(25)5-6-17(16)35-9-14-3-4-14/h5-7,11,14,18,30H,3-4,8-10H2,1-2H3,(H,31,34)/t18-/m1/s1. The van der Waals surface area contributed by atoms with Crippen LogP contribution >= 0.6 is 0 Å². The monoisotopic (exact) mass is 487 g/mol. The molecular formula is C24H24F3N5O3. The fraction of sp³-hybridized carbons (Fsp3) is 0.417. The number of carbonyl (C=O) groups excluding carboxylic acids is 2. The molecule has 1 atom stereocenters. The molecule has 2 aromatic heterocycles. The van der Waals surface area contributed by atoms with Crippen LogP contribution in [0.1, 0.15) is 35.8 Å². The summed E-state index contributed by atoms with van der Waals surface area (Å²) in [4.78, 5) is 37.2. The number of H-pyrrole nitrogens is 1. The van der Waals surface area contributed by atoms with Gasteiger partial charge < -0.3 is 19.9 Å². The SMILES string of the molecule is CC(=O)N1C[C@@H](NC(=O)c2c(C)[nH]c3c(-c4cc(F)ccc4OCC4CC4)ncnc23)C(F)(F)C1. The molecule has 2 amide bonds. The highest BCUT2D eigenvalue weighted by molar-refractivity contribution is 6.09. The number of carbonyl (C=O) groups is 2. The maximum absolute atomic E-state index is 14.4. The van der Waals surface area contributed by atoms with Gasteiger partial charge in [-0.15, -0.1) is 0 Å². The van der Waals surface area contributed by atoms with E-state index < -0.39 is 36.1 Å². The summed E-state index contributed by atoms with van der Waals surface area (Å²) in [5.41, 5.74) is 1.77. The van der Waals surface area contributed by atoms with Crippen molar-refractivity contribution >= 4 is 22.8 Å². The zero-order valence-electron chi connectivity index (χ0n) is 19.2. The number of ether oxygens (including phenoxy) is 1. The van der Waals surface area contributed by atoms with Crippen LogP contribution in [0.25, 0.3) is 22.3 Å². The van der Waals surface area contributed by atoms with Crippen molar-refractivity contribution in [1.82, 2.24) is 25.2 Å². The number of benzene rings is 1. The number of fused-ring (bicyclic) bond motifs is 1. The molecule has 11 heteroatoms. The Morgan fingerprint density at radius 2 is 2.06 bits per heavy atom. The first-order chi connectivity index (χ1) is 16.6. The Kier molecular flexibility index (Phi) is 5.65. The van der Waals surface area contributed by atoms with Crippen molar-refractivity contribution in [3.8, 4) is 17.0 Å². The van der Waals surface area contributed by atoms with Crippen LogP contribution in [0.15, 0.2) is 24.5 Å². The minimum absolute atomic E-state index is 0.0811. The quantitative estimate of drug-likeness (QED) is 0.555. The average Bonchev–Trinajstić information content (AvgIpc) is 3.49. The van der Waals surface area contributed by atoms with E-state index in [-0.39, 0.29) is 17.6 Å². The van der Waals surface area contributed by atoms with Crippen LogP contribution in [-0.2, 0) is 4.79 Å². The lowest BCUT2D eigenvalue weighted by atomic mass is 10.1. The third-order valence-electron chi connectivity index (χ3n) is 6.43. The Bertz CT molecular complexity index is 1320. The van der Waals surface area contributed by atoms with E-state index in [1.54, 1.807) is 6.92 Å². The second-order valence-electron chi connectivity index (χ2n) is 9.15. The summed E-state index contributed by atoms with van der Waals surface area (Å²) in [6.45, 7) is 2.29. The molecule has 8 nitrogen and oxygen atoms in total. The molecule has 35 heavy (non-hydrogen) atoms. The van der Waals surface area contributed by atoms with Gasteiger partial charge in [-0.1, -0.05) is 0 Å². The minimum Gasteiger partial charge on any atom is -0.493 e. The molecular weight excluding hydrogens is 463 g/mol. The topological polar surface area (TPSA) is 100 Å². The number of nitrogens with one attached hydrogen (secondary N) is 2. The first kappa shape index (κ1) is 23.1. The Labute approximate surface area is 198 Å². The van der Waals surface area contributed by atoms with Crippen molar-refractivity contribution in [2.45, 2.75) is 38.7 Å². The van der Waals surface area contributed by atoms with Crippen molar-refractivity contribution < 1.29 is 27.5 Å². The van der Waals surface area contributed by atoms with E-state index in [0.717, 1.165) is 17.7 Å². The van der Waals surface area contributed by atoms with E-state index in [0.29, 0.717) is 40.7 Å². The molecule has 184 valence electrons. The molecule has 2 N–H and O–H groups in total. The highest BCUT2D eigenvalue weighted by Crippen LogP contribution is 2.37. The molecule has 2 aliphatic rings. The van der Waals surface area contributed by atoms with Crippen LogP contribution in [0.5, 0.6) is 5.75 Å². The van der Waals surface area contributed by atoms with Gasteiger partial charge in [0.05, 0.1) is 24.2 Å². The largest absolute Gasteiger partial charge is 0.493 e. The van der Waals surface area contributed by atoms with Crippen molar-refractivity contribution in [2.75, 3.05) is 19.7 Å². The van der Waals surface area contributed by atoms with E-state index in [1.165, 1.54) is 31.5 Å². The maximum Gasteiger partial charge on any atom is 0.286 e. The molecule has 0 bridgehead atoms. The van der Waals surface area contributed by atoms with Crippen molar-refractivity contribution in [3.63, 3.8) is 0 Å². The number of likely N-dealkylation sites (tertiary alicyclic amines) is 1. The van der Waals surface area contributed by atoms with Gasteiger partial charge in [-0.25, -0.2) is 23.1 Å². The summed E-state index contributed by atoms with van der Waals surface area (Å²) >= 11 is 0. The molecule has 3 aromatic rings. The normalized spacial score (nSPS) is 19.2. The number of aromatic nitrogens is 3. The first-order valence-corrected chi connectivity index (χ1v) is 11.3. The molecule has 2 fully saturated rings. The lowest BCUT2D eigenvalue weighted by Crippen LogP contribution is -2.46. The predicted octanol–water partition coefficient (Wildman–Crippen LogP) is 3.46. The molecule has 3 heterocycles. The fourth-order valence-corrected chi connectivity index (χ4v) is 4.31. The van der Waals surface area contributed by atoms with Crippen LogP contribution in [0.2, 0.25) is 0 Å². The summed E-state index contributed by atoms with van der Waals surface area (Å²) in [7, 11) is 0. The molecule has 0 spiro atoms. The number of aryl methyl sites for hydroxylation is 1. The Morgan fingerprint density at radius 3 is 2.74 bits per heavy atom. The number of amides is 2. The lowest BCUT2D eigenvalue weighted by molar-refractivity contribution is -0.129. The minimum atomic E-state index is -3.27. The van der Waals surface area contributed by atoms with Gasteiger partial charge in [-0.3, -0.25) is 9.59 Å². The summed E-state index contributed by atoms with van der Waals surface area (Å²) in [5, 5.41) is 2.36. The van der Waals surface area contributed by atoms with E-state index in [9.17, 15) is 22.8 Å². The third-order valence-corrected chi connectivity index (χ3v) is 6.43. The van der Waals surface area contributed by atoms with Crippen LogP contribution in [-0.4, -0.2) is 63.3 Å². The first-order valence-electron chi connectivity index (χ1n) is 11.3. The van der Waals surface area contributed by atoms with Crippen LogP contribution in [0, 0.1) is 18.7 Å². The van der Waals surface area contributed by atoms with E-state index in [1.807, 2.05) is 0 Å². The Morgan fingerprint density at radius 1 is 1.29 bits per heavy atom. The number of hydrogen-bond donors (Lipinski definition) is 2. The van der Waals surface area contributed by atoms with Crippen molar-refractivity contribution in [1.29, 1.82) is 0 Å². The molecule has 1 aliphatic carbocycles. The van der Waals surface area contributed by atoms with Gasteiger partial charge in [0.25, 0.3) is 11.8 Å². The fourth-order valence-electron chi connectivity index (χ4n) is 4.31. The zero-order valence-corrected chi connectivity index (χ0v) is 19.2. The second kappa shape index (κ2) is 8.54. The molecule has 5 rings (SSSR count). The van der Waals surface area contributed by atoms with Gasteiger partial charge >= 0.3 is 0 Å². The number of rotatable bonds is 6. The number of hydrogen-bond acceptors (Lipinski definition) is 5. The second-order valence-corrected chi connectivity index (χ2v) is 9.15. The molecule has 1 saturated heterocycles. The van der Waals surface area contributed by atoms with Gasteiger partial charge in [-0.05, 0) is 43.9 Å². The van der Waals surface area contributed by atoms with Gasteiger partial charge in [-0.2, -0.15) is 0 Å². The number of alkyl halides is 2. The predicted molar refractivity (Wildman–Crippen MR) is 121 cm³/mol. The van der Waals surface area contributed by atoms with Gasteiger partial charge in [0.15, 0.2) is 0 Å². The van der Waals surface area contributed by atoms with Gasteiger partial charge in [0.2, 0.25) is 5.91 Å². The lowest BCUT2D eigenvalue weighted by Gasteiger charge is -2.18. The number of halogens is 3. The Hall–Kier alpha value is -3.63. The van der Waals surface area contributed by atoms with E-state index in [4.69, 9.17) is 4.74 Å². The maximum atomic E-state index is 14.4. The summed E-state index contributed by atoms with van der Waals surface area (Å²) < 4.78 is 49.0. The molecule has 0 radical (unpaired) electrons. The summed E-state index contributed by atoms with van der Waals surface area (Å²) in [6.07, 6.45) is 3.42. The molecule has 1 saturated carbocycles. The smallest absolute Gasteiger partial charge is 0.286 e. The van der Waals surface area contributed by atoms with Crippen molar-refractivity contribution in [2.24, 2.45) is 5.92 Å². The van der Waals surface area contributed by atoms with Crippen LogP contribution in [0.3, 0.4) is 0 Å². The van der Waals surface area contributed by atoms with E-state index >= 15 is 0 Å². The Balaban J connectivity index is 1.49. The van der Waals surface area contributed by atoms with Gasteiger partial charge in [0.1, 0.15) is 35.1 Å². The zero-order chi connectivity index (χ0) is 24.9. The van der Waals surface area contributed by atoms with Gasteiger partial charge in [0, 0.05) is 24.7 Å². The summed E-state index contributed by atoms with van der Waals surface area (Å²) in [6, 6.07) is 2.60. The number of aromatic amines is 1. The van der Waals surface area contributed by atoms with Crippen LogP contribution in [0.4, 0.5) is 13.2 Å². The average molecular weight is 487 g/mol. The molecule has 1 aromatic carbocycles. The summed E-state index contributed by atoms with van der Waals surface area (Å²) in [5.74, 6) is -4.06. The van der Waals surface area contributed by atoms with E-state index in [2.05, 4.69) is 20.3 Å². The van der Waals surface area contributed by atoms with Crippen molar-refractivity contribution in [3.05, 3.63) is 41.6 Å².